The lowest BCUT2D eigenvalue weighted by atomic mass is 10.2. The molecule has 0 saturated heterocycles. The van der Waals surface area contributed by atoms with Gasteiger partial charge in [0.25, 0.3) is 0 Å². The van der Waals surface area contributed by atoms with E-state index in [4.69, 9.17) is 0 Å². The Morgan fingerprint density at radius 2 is 2.05 bits per heavy atom. The smallest absolute Gasteiger partial charge is 0.341 e. The van der Waals surface area contributed by atoms with Crippen molar-refractivity contribution in [3.63, 3.8) is 0 Å². The summed E-state index contributed by atoms with van der Waals surface area (Å²) < 4.78 is 2.97. The second-order valence-corrected chi connectivity index (χ2v) is 4.20. The molecule has 1 N–H and O–H groups in total. The van der Waals surface area contributed by atoms with Crippen LogP contribution in [-0.2, 0) is 7.05 Å². The third-order valence-corrected chi connectivity index (χ3v) is 3.08. The molecular weight excluding hydrogens is 246 g/mol. The van der Waals surface area contributed by atoms with Gasteiger partial charge in [-0.15, -0.1) is 5.10 Å². The number of aryl methyl sites for hydroxylation is 1. The molecule has 0 fully saturated rings. The standard InChI is InChI=1S/C12H11N5O2/c1-7-10(12(18)19)11(14-16(7)2)17-9-6-4-3-5-8(9)13-15-17/h3-6H,1-2H3,(H,18,19). The Bertz CT molecular complexity index is 787. The average molecular weight is 257 g/mol. The van der Waals surface area contributed by atoms with Crippen LogP contribution < -0.4 is 0 Å². The van der Waals surface area contributed by atoms with Gasteiger partial charge in [0.15, 0.2) is 5.82 Å². The number of aromatic carboxylic acids is 1. The van der Waals surface area contributed by atoms with Crippen LogP contribution in [0.4, 0.5) is 0 Å². The van der Waals surface area contributed by atoms with Crippen molar-refractivity contribution < 1.29 is 9.90 Å². The van der Waals surface area contributed by atoms with Crippen LogP contribution in [0.1, 0.15) is 16.1 Å². The van der Waals surface area contributed by atoms with Gasteiger partial charge in [0.1, 0.15) is 11.1 Å². The SMILES string of the molecule is Cc1c(C(=O)O)c(-n2nnc3ccccc32)nn1C. The minimum absolute atomic E-state index is 0.137. The molecule has 1 aromatic carbocycles. The van der Waals surface area contributed by atoms with E-state index in [1.54, 1.807) is 14.0 Å². The number of rotatable bonds is 2. The minimum atomic E-state index is -1.03. The van der Waals surface area contributed by atoms with Crippen LogP contribution in [0.15, 0.2) is 24.3 Å². The highest BCUT2D eigenvalue weighted by Crippen LogP contribution is 2.20. The van der Waals surface area contributed by atoms with Gasteiger partial charge in [-0.2, -0.15) is 9.78 Å². The first-order chi connectivity index (χ1) is 9.09. The normalized spacial score (nSPS) is 11.1. The highest BCUT2D eigenvalue weighted by Gasteiger charge is 2.22. The number of hydrogen-bond donors (Lipinski definition) is 1. The third kappa shape index (κ3) is 1.59. The quantitative estimate of drug-likeness (QED) is 0.744. The molecule has 0 radical (unpaired) electrons. The van der Waals surface area contributed by atoms with Crippen molar-refractivity contribution in [3.05, 3.63) is 35.5 Å². The zero-order chi connectivity index (χ0) is 13.6. The Kier molecular flexibility index (Phi) is 2.34. The fourth-order valence-corrected chi connectivity index (χ4v) is 2.01. The van der Waals surface area contributed by atoms with E-state index >= 15 is 0 Å². The molecule has 0 aliphatic rings. The summed E-state index contributed by atoms with van der Waals surface area (Å²) in [4.78, 5) is 11.4. The molecule has 3 aromatic rings. The monoisotopic (exact) mass is 257 g/mol. The predicted molar refractivity (Wildman–Crippen MR) is 67.3 cm³/mol. The van der Waals surface area contributed by atoms with E-state index in [-0.39, 0.29) is 11.4 Å². The van der Waals surface area contributed by atoms with Crippen LogP contribution in [0, 0.1) is 6.92 Å². The lowest BCUT2D eigenvalue weighted by Crippen LogP contribution is -2.06. The van der Waals surface area contributed by atoms with Crippen LogP contribution >= 0.6 is 0 Å². The zero-order valence-corrected chi connectivity index (χ0v) is 10.4. The first-order valence-corrected chi connectivity index (χ1v) is 5.67. The van der Waals surface area contributed by atoms with Gasteiger partial charge in [-0.3, -0.25) is 4.68 Å². The number of aromatic nitrogens is 5. The van der Waals surface area contributed by atoms with Crippen molar-refractivity contribution >= 4 is 17.0 Å². The number of carboxylic acids is 1. The van der Waals surface area contributed by atoms with Crippen molar-refractivity contribution in [3.8, 4) is 5.82 Å². The fourth-order valence-electron chi connectivity index (χ4n) is 2.01. The maximum atomic E-state index is 11.4. The summed E-state index contributed by atoms with van der Waals surface area (Å²) in [7, 11) is 1.70. The maximum Gasteiger partial charge on any atom is 0.341 e. The van der Waals surface area contributed by atoms with Crippen LogP contribution in [0.3, 0.4) is 0 Å². The lowest BCUT2D eigenvalue weighted by molar-refractivity contribution is 0.0696. The third-order valence-electron chi connectivity index (χ3n) is 3.08. The van der Waals surface area contributed by atoms with E-state index < -0.39 is 5.97 Å². The molecule has 0 unspecified atom stereocenters. The second-order valence-electron chi connectivity index (χ2n) is 4.20. The van der Waals surface area contributed by atoms with Crippen molar-refractivity contribution in [2.24, 2.45) is 7.05 Å². The van der Waals surface area contributed by atoms with Gasteiger partial charge in [0.2, 0.25) is 0 Å². The average Bonchev–Trinajstić information content (AvgIpc) is 2.92. The van der Waals surface area contributed by atoms with Gasteiger partial charge in [-0.05, 0) is 19.1 Å². The number of nitrogens with zero attached hydrogens (tertiary/aromatic N) is 5. The molecule has 19 heavy (non-hydrogen) atoms. The molecule has 96 valence electrons. The summed E-state index contributed by atoms with van der Waals surface area (Å²) >= 11 is 0. The summed E-state index contributed by atoms with van der Waals surface area (Å²) in [6.07, 6.45) is 0. The molecule has 0 bridgehead atoms. The first-order valence-electron chi connectivity index (χ1n) is 5.67. The summed E-state index contributed by atoms with van der Waals surface area (Å²) in [5.74, 6) is -0.749. The van der Waals surface area contributed by atoms with Gasteiger partial charge < -0.3 is 5.11 Å². The number of fused-ring (bicyclic) bond motifs is 1. The molecule has 0 amide bonds. The van der Waals surface area contributed by atoms with Gasteiger partial charge in [0.05, 0.1) is 11.2 Å². The van der Waals surface area contributed by atoms with Crippen molar-refractivity contribution in [1.29, 1.82) is 0 Å². The summed E-state index contributed by atoms with van der Waals surface area (Å²) in [6, 6.07) is 7.33. The molecule has 0 aliphatic heterocycles. The van der Waals surface area contributed by atoms with Gasteiger partial charge in [-0.25, -0.2) is 4.79 Å². The Balaban J connectivity index is 2.33. The van der Waals surface area contributed by atoms with Gasteiger partial charge in [-0.1, -0.05) is 17.3 Å². The molecule has 2 heterocycles. The molecule has 0 spiro atoms. The topological polar surface area (TPSA) is 85.8 Å². The Morgan fingerprint density at radius 1 is 1.32 bits per heavy atom. The second kappa shape index (κ2) is 3.91. The molecule has 0 atom stereocenters. The largest absolute Gasteiger partial charge is 0.477 e. The van der Waals surface area contributed by atoms with Crippen molar-refractivity contribution in [2.75, 3.05) is 0 Å². The number of carboxylic acid groups (broad SMARTS) is 1. The van der Waals surface area contributed by atoms with E-state index in [0.29, 0.717) is 11.2 Å². The number of benzene rings is 1. The highest BCUT2D eigenvalue weighted by molar-refractivity contribution is 5.93. The number of hydrogen-bond acceptors (Lipinski definition) is 4. The van der Waals surface area contributed by atoms with E-state index in [9.17, 15) is 9.90 Å². The Morgan fingerprint density at radius 3 is 2.79 bits per heavy atom. The van der Waals surface area contributed by atoms with Crippen LogP contribution in [0.25, 0.3) is 16.9 Å². The molecule has 7 heteroatoms. The van der Waals surface area contributed by atoms with Crippen molar-refractivity contribution in [2.45, 2.75) is 6.92 Å². The van der Waals surface area contributed by atoms with E-state index in [0.717, 1.165) is 5.52 Å². The minimum Gasteiger partial charge on any atom is -0.477 e. The molecular formula is C12H11N5O2. The Hall–Kier alpha value is -2.70. The van der Waals surface area contributed by atoms with Crippen LogP contribution in [-0.4, -0.2) is 35.9 Å². The van der Waals surface area contributed by atoms with Crippen LogP contribution in [0.5, 0.6) is 0 Å². The van der Waals surface area contributed by atoms with Gasteiger partial charge >= 0.3 is 5.97 Å². The fraction of sp³-hybridized carbons (Fsp3) is 0.167. The number of para-hydroxylation sites is 1. The van der Waals surface area contributed by atoms with Crippen LogP contribution in [0.2, 0.25) is 0 Å². The number of carbonyl (C=O) groups is 1. The van der Waals surface area contributed by atoms with E-state index in [1.807, 2.05) is 24.3 Å². The summed E-state index contributed by atoms with van der Waals surface area (Å²) in [5, 5.41) is 21.5. The van der Waals surface area contributed by atoms with Gasteiger partial charge in [0, 0.05) is 7.05 Å². The first kappa shape index (κ1) is 11.4. The maximum absolute atomic E-state index is 11.4. The molecule has 3 rings (SSSR count). The summed E-state index contributed by atoms with van der Waals surface area (Å²) in [6.45, 7) is 1.71. The van der Waals surface area contributed by atoms with E-state index in [1.165, 1.54) is 9.36 Å². The Labute approximate surface area is 108 Å². The molecule has 2 aromatic heterocycles. The highest BCUT2D eigenvalue weighted by atomic mass is 16.4. The van der Waals surface area contributed by atoms with E-state index in [2.05, 4.69) is 15.4 Å². The zero-order valence-electron chi connectivity index (χ0n) is 10.4. The molecule has 0 saturated carbocycles. The lowest BCUT2D eigenvalue weighted by Gasteiger charge is -1.99. The summed E-state index contributed by atoms with van der Waals surface area (Å²) in [5.41, 5.74) is 2.13. The molecule has 7 nitrogen and oxygen atoms in total. The predicted octanol–water partition coefficient (Wildman–Crippen LogP) is 1.16. The van der Waals surface area contributed by atoms with Crippen molar-refractivity contribution in [1.82, 2.24) is 24.8 Å². The molecule has 0 aliphatic carbocycles.